The van der Waals surface area contributed by atoms with Crippen LogP contribution in [0.4, 0.5) is 0 Å². The molecule has 146 valence electrons. The van der Waals surface area contributed by atoms with E-state index in [1.807, 2.05) is 0 Å². The highest BCUT2D eigenvalue weighted by atomic mass is 32.2. The molecule has 2 atom stereocenters. The van der Waals surface area contributed by atoms with Crippen molar-refractivity contribution < 1.29 is 27.8 Å². The van der Waals surface area contributed by atoms with E-state index in [2.05, 4.69) is 0 Å². The lowest BCUT2D eigenvalue weighted by Crippen LogP contribution is -2.11. The summed E-state index contributed by atoms with van der Waals surface area (Å²) in [6, 6.07) is 11.3. The number of hydrogen-bond acceptors (Lipinski definition) is 5. The number of nitrogens with zero attached hydrogens (tertiary/aromatic N) is 1. The zero-order chi connectivity index (χ0) is 20.1. The van der Waals surface area contributed by atoms with Gasteiger partial charge in [-0.3, -0.25) is 4.79 Å². The van der Waals surface area contributed by atoms with Crippen molar-refractivity contribution in [2.24, 2.45) is 5.92 Å². The summed E-state index contributed by atoms with van der Waals surface area (Å²) in [4.78, 5) is 11.5. The largest absolute Gasteiger partial charge is 0.497 e. The fourth-order valence-electron chi connectivity index (χ4n) is 3.50. The van der Waals surface area contributed by atoms with Crippen molar-refractivity contribution in [1.82, 2.24) is 3.97 Å². The summed E-state index contributed by atoms with van der Waals surface area (Å²) in [5.41, 5.74) is 1.20. The van der Waals surface area contributed by atoms with E-state index in [9.17, 15) is 18.3 Å². The molecule has 28 heavy (non-hydrogen) atoms. The molecule has 1 aliphatic rings. The first-order chi connectivity index (χ1) is 13.4. The molecule has 0 saturated heterocycles. The Bertz CT molecular complexity index is 1160. The van der Waals surface area contributed by atoms with Crippen LogP contribution in [0.1, 0.15) is 17.9 Å². The summed E-state index contributed by atoms with van der Waals surface area (Å²) in [6.07, 6.45) is 2.03. The minimum Gasteiger partial charge on any atom is -0.497 e. The van der Waals surface area contributed by atoms with Crippen molar-refractivity contribution in [3.8, 4) is 11.5 Å². The highest BCUT2D eigenvalue weighted by Gasteiger charge is 2.46. The van der Waals surface area contributed by atoms with Gasteiger partial charge in [0.15, 0.2) is 0 Å². The molecule has 8 heteroatoms. The van der Waals surface area contributed by atoms with Gasteiger partial charge >= 0.3 is 5.97 Å². The van der Waals surface area contributed by atoms with Crippen molar-refractivity contribution in [3.63, 3.8) is 0 Å². The minimum absolute atomic E-state index is 0.123. The quantitative estimate of drug-likeness (QED) is 0.682. The Balaban J connectivity index is 1.88. The molecule has 0 bridgehead atoms. The van der Waals surface area contributed by atoms with Crippen LogP contribution >= 0.6 is 0 Å². The van der Waals surface area contributed by atoms with Crippen molar-refractivity contribution >= 4 is 26.9 Å². The highest BCUT2D eigenvalue weighted by molar-refractivity contribution is 7.90. The SMILES string of the molecule is COc1ccc(S(=O)(=O)n2cc([C@H]3C[C@H]3C(=O)O)c3cc(OC)ccc32)cc1. The van der Waals surface area contributed by atoms with Gasteiger partial charge in [0.05, 0.1) is 30.5 Å². The van der Waals surface area contributed by atoms with Gasteiger partial charge in [0.25, 0.3) is 10.0 Å². The third-order valence-electron chi connectivity index (χ3n) is 5.13. The maximum Gasteiger partial charge on any atom is 0.307 e. The number of aromatic nitrogens is 1. The van der Waals surface area contributed by atoms with E-state index in [0.29, 0.717) is 34.4 Å². The molecule has 0 radical (unpaired) electrons. The van der Waals surface area contributed by atoms with Gasteiger partial charge in [0.2, 0.25) is 0 Å². The summed E-state index contributed by atoms with van der Waals surface area (Å²) >= 11 is 0. The topological polar surface area (TPSA) is 94.8 Å². The number of rotatable bonds is 6. The average Bonchev–Trinajstić information content (AvgIpc) is 3.41. The van der Waals surface area contributed by atoms with E-state index in [-0.39, 0.29) is 10.8 Å². The summed E-state index contributed by atoms with van der Waals surface area (Å²) in [6.45, 7) is 0. The maximum atomic E-state index is 13.2. The Morgan fingerprint density at radius 3 is 2.29 bits per heavy atom. The minimum atomic E-state index is -3.86. The zero-order valence-corrected chi connectivity index (χ0v) is 16.1. The molecule has 0 unspecified atom stereocenters. The van der Waals surface area contributed by atoms with Crippen LogP contribution in [0.25, 0.3) is 10.9 Å². The van der Waals surface area contributed by atoms with Gasteiger partial charge in [-0.05, 0) is 54.4 Å². The number of aliphatic carboxylic acids is 1. The summed E-state index contributed by atoms with van der Waals surface area (Å²) in [5, 5.41) is 9.98. The second-order valence-corrected chi connectivity index (χ2v) is 8.55. The smallest absolute Gasteiger partial charge is 0.307 e. The lowest BCUT2D eigenvalue weighted by atomic mass is 10.1. The van der Waals surface area contributed by atoms with E-state index in [0.717, 1.165) is 0 Å². The number of ether oxygens (including phenoxy) is 2. The number of fused-ring (bicyclic) bond motifs is 1. The molecule has 1 aromatic heterocycles. The fraction of sp³-hybridized carbons (Fsp3) is 0.250. The van der Waals surface area contributed by atoms with Crippen LogP contribution in [0.5, 0.6) is 11.5 Å². The first-order valence-corrected chi connectivity index (χ1v) is 10.1. The molecular weight excluding hydrogens is 382 g/mol. The first-order valence-electron chi connectivity index (χ1n) is 8.68. The van der Waals surface area contributed by atoms with Gasteiger partial charge in [-0.2, -0.15) is 0 Å². The van der Waals surface area contributed by atoms with Gasteiger partial charge in [0, 0.05) is 17.5 Å². The molecule has 0 aliphatic heterocycles. The molecule has 0 amide bonds. The van der Waals surface area contributed by atoms with Crippen molar-refractivity contribution in [2.45, 2.75) is 17.2 Å². The second-order valence-electron chi connectivity index (χ2n) is 6.73. The molecular formula is C20H19NO6S. The molecule has 1 N–H and O–H groups in total. The normalized spacial score (nSPS) is 18.8. The number of hydrogen-bond donors (Lipinski definition) is 1. The lowest BCUT2D eigenvalue weighted by molar-refractivity contribution is -0.138. The first kappa shape index (κ1) is 18.4. The van der Waals surface area contributed by atoms with E-state index >= 15 is 0 Å². The van der Waals surface area contributed by atoms with E-state index in [4.69, 9.17) is 9.47 Å². The van der Waals surface area contributed by atoms with Gasteiger partial charge in [-0.1, -0.05) is 0 Å². The van der Waals surface area contributed by atoms with Crippen LogP contribution < -0.4 is 9.47 Å². The average molecular weight is 401 g/mol. The Labute approximate surface area is 162 Å². The summed E-state index contributed by atoms with van der Waals surface area (Å²) in [7, 11) is -0.818. The molecule has 3 aromatic rings. The predicted octanol–water partition coefficient (Wildman–Crippen LogP) is 3.08. The van der Waals surface area contributed by atoms with Gasteiger partial charge in [-0.15, -0.1) is 0 Å². The summed E-state index contributed by atoms with van der Waals surface area (Å²) in [5.74, 6) is -0.426. The van der Waals surface area contributed by atoms with Crippen LogP contribution in [-0.2, 0) is 14.8 Å². The van der Waals surface area contributed by atoms with Crippen LogP contribution in [0.15, 0.2) is 53.6 Å². The summed E-state index contributed by atoms with van der Waals surface area (Å²) < 4.78 is 38.1. The van der Waals surface area contributed by atoms with Gasteiger partial charge in [-0.25, -0.2) is 12.4 Å². The number of carboxylic acids is 1. The molecule has 1 saturated carbocycles. The van der Waals surface area contributed by atoms with E-state index in [1.54, 1.807) is 30.3 Å². The second kappa shape index (κ2) is 6.56. The zero-order valence-electron chi connectivity index (χ0n) is 15.3. The van der Waals surface area contributed by atoms with Crippen LogP contribution in [-0.4, -0.2) is 37.7 Å². The lowest BCUT2D eigenvalue weighted by Gasteiger charge is -2.09. The molecule has 4 rings (SSSR count). The number of benzene rings is 2. The van der Waals surface area contributed by atoms with E-state index < -0.39 is 21.9 Å². The Kier molecular flexibility index (Phi) is 4.30. The van der Waals surface area contributed by atoms with Gasteiger partial charge < -0.3 is 14.6 Å². The van der Waals surface area contributed by atoms with Gasteiger partial charge in [0.1, 0.15) is 11.5 Å². The molecule has 1 aliphatic carbocycles. The van der Waals surface area contributed by atoms with Crippen molar-refractivity contribution in [2.75, 3.05) is 14.2 Å². The number of methoxy groups -OCH3 is 2. The van der Waals surface area contributed by atoms with Crippen molar-refractivity contribution in [3.05, 3.63) is 54.2 Å². The molecule has 0 spiro atoms. The number of carboxylic acid groups (broad SMARTS) is 1. The Hall–Kier alpha value is -3.00. The Morgan fingerprint density at radius 1 is 1.07 bits per heavy atom. The van der Waals surface area contributed by atoms with Crippen LogP contribution in [0, 0.1) is 5.92 Å². The molecule has 2 aromatic carbocycles. The molecule has 1 heterocycles. The van der Waals surface area contributed by atoms with Crippen molar-refractivity contribution in [1.29, 1.82) is 0 Å². The maximum absolute atomic E-state index is 13.2. The number of carbonyl (C=O) groups is 1. The fourth-order valence-corrected chi connectivity index (χ4v) is 4.88. The van der Waals surface area contributed by atoms with Crippen LogP contribution in [0.3, 0.4) is 0 Å². The standard InChI is InChI=1S/C20H19NO6S/c1-26-12-3-6-14(7-4-12)28(24,25)21-11-18(15-10-17(15)20(22)23)16-9-13(27-2)5-8-19(16)21/h3-9,11,15,17H,10H2,1-2H3,(H,22,23)/t15-,17+/m0/s1. The van der Waals surface area contributed by atoms with E-state index in [1.165, 1.54) is 36.5 Å². The molecule has 7 nitrogen and oxygen atoms in total. The monoisotopic (exact) mass is 401 g/mol. The molecule has 1 fully saturated rings. The third-order valence-corrected chi connectivity index (χ3v) is 6.82. The highest BCUT2D eigenvalue weighted by Crippen LogP contribution is 2.50. The van der Waals surface area contributed by atoms with Crippen LogP contribution in [0.2, 0.25) is 0 Å². The third kappa shape index (κ3) is 2.90. The Morgan fingerprint density at radius 2 is 1.71 bits per heavy atom. The predicted molar refractivity (Wildman–Crippen MR) is 103 cm³/mol.